The number of rotatable bonds is 5. The van der Waals surface area contributed by atoms with E-state index in [4.69, 9.17) is 4.74 Å². The molecular formula is C14H23N3O. The summed E-state index contributed by atoms with van der Waals surface area (Å²) in [6, 6.07) is 2.39. The van der Waals surface area contributed by atoms with Crippen LogP contribution in [0.15, 0.2) is 12.3 Å². The lowest BCUT2D eigenvalue weighted by Gasteiger charge is -2.25. The Morgan fingerprint density at radius 2 is 2.33 bits per heavy atom. The van der Waals surface area contributed by atoms with Crippen LogP contribution in [-0.2, 0) is 0 Å². The zero-order valence-corrected chi connectivity index (χ0v) is 11.6. The minimum absolute atomic E-state index is 0.597. The molecule has 100 valence electrons. The summed E-state index contributed by atoms with van der Waals surface area (Å²) in [5, 5.41) is 0. The summed E-state index contributed by atoms with van der Waals surface area (Å²) >= 11 is 0. The molecule has 0 aromatic carbocycles. The lowest BCUT2D eigenvalue weighted by atomic mass is 10.0. The fourth-order valence-corrected chi connectivity index (χ4v) is 2.51. The van der Waals surface area contributed by atoms with E-state index in [1.807, 2.05) is 0 Å². The molecule has 4 heteroatoms. The SMILES string of the molecule is COc1ccnc(N2CCCC2CCC(C)C)n1. The van der Waals surface area contributed by atoms with E-state index >= 15 is 0 Å². The van der Waals surface area contributed by atoms with Gasteiger partial charge in [0.2, 0.25) is 11.8 Å². The predicted octanol–water partition coefficient (Wildman–Crippen LogP) is 2.89. The molecule has 0 N–H and O–H groups in total. The van der Waals surface area contributed by atoms with E-state index in [1.54, 1.807) is 19.4 Å². The highest BCUT2D eigenvalue weighted by atomic mass is 16.5. The summed E-state index contributed by atoms with van der Waals surface area (Å²) in [6.45, 7) is 5.62. The maximum absolute atomic E-state index is 5.17. The van der Waals surface area contributed by atoms with Gasteiger partial charge in [-0.05, 0) is 31.6 Å². The van der Waals surface area contributed by atoms with Crippen molar-refractivity contribution in [1.29, 1.82) is 0 Å². The maximum Gasteiger partial charge on any atom is 0.228 e. The quantitative estimate of drug-likeness (QED) is 0.804. The topological polar surface area (TPSA) is 38.2 Å². The van der Waals surface area contributed by atoms with Crippen LogP contribution < -0.4 is 9.64 Å². The summed E-state index contributed by atoms with van der Waals surface area (Å²) in [4.78, 5) is 11.2. The van der Waals surface area contributed by atoms with Crippen LogP contribution in [0.1, 0.15) is 39.5 Å². The Balaban J connectivity index is 2.05. The van der Waals surface area contributed by atoms with Crippen molar-refractivity contribution in [2.45, 2.75) is 45.6 Å². The fourth-order valence-electron chi connectivity index (χ4n) is 2.51. The van der Waals surface area contributed by atoms with Gasteiger partial charge in [-0.1, -0.05) is 13.8 Å². The van der Waals surface area contributed by atoms with Crippen LogP contribution in [-0.4, -0.2) is 29.7 Å². The second-order valence-corrected chi connectivity index (χ2v) is 5.36. The maximum atomic E-state index is 5.17. The zero-order chi connectivity index (χ0) is 13.0. The highest BCUT2D eigenvalue weighted by Crippen LogP contribution is 2.27. The Labute approximate surface area is 109 Å². The molecule has 4 nitrogen and oxygen atoms in total. The molecule has 2 heterocycles. The Hall–Kier alpha value is -1.32. The average molecular weight is 249 g/mol. The molecule has 18 heavy (non-hydrogen) atoms. The summed E-state index contributed by atoms with van der Waals surface area (Å²) in [5.74, 6) is 2.23. The van der Waals surface area contributed by atoms with Crippen molar-refractivity contribution in [3.8, 4) is 5.88 Å². The summed E-state index contributed by atoms with van der Waals surface area (Å²) in [6.07, 6.45) is 6.78. The number of nitrogens with zero attached hydrogens (tertiary/aromatic N) is 3. The Kier molecular flexibility index (Phi) is 4.39. The molecule has 0 bridgehead atoms. The van der Waals surface area contributed by atoms with E-state index in [-0.39, 0.29) is 0 Å². The van der Waals surface area contributed by atoms with Gasteiger partial charge in [0.1, 0.15) is 0 Å². The average Bonchev–Trinajstić information content (AvgIpc) is 2.84. The normalized spacial score (nSPS) is 19.6. The van der Waals surface area contributed by atoms with E-state index in [9.17, 15) is 0 Å². The van der Waals surface area contributed by atoms with Crippen LogP contribution in [0.2, 0.25) is 0 Å². The zero-order valence-electron chi connectivity index (χ0n) is 11.6. The number of ether oxygens (including phenoxy) is 1. The largest absolute Gasteiger partial charge is 0.481 e. The van der Waals surface area contributed by atoms with Gasteiger partial charge in [-0.2, -0.15) is 4.98 Å². The first-order valence-corrected chi connectivity index (χ1v) is 6.84. The van der Waals surface area contributed by atoms with Crippen molar-refractivity contribution in [2.24, 2.45) is 5.92 Å². The molecule has 1 aliphatic heterocycles. The van der Waals surface area contributed by atoms with Gasteiger partial charge in [0.25, 0.3) is 0 Å². The smallest absolute Gasteiger partial charge is 0.228 e. The van der Waals surface area contributed by atoms with E-state index in [2.05, 4.69) is 28.7 Å². The first-order valence-electron chi connectivity index (χ1n) is 6.84. The van der Waals surface area contributed by atoms with Gasteiger partial charge < -0.3 is 9.64 Å². The lowest BCUT2D eigenvalue weighted by Crippen LogP contribution is -2.31. The van der Waals surface area contributed by atoms with Crippen molar-refractivity contribution < 1.29 is 4.74 Å². The number of hydrogen-bond donors (Lipinski definition) is 0. The number of hydrogen-bond acceptors (Lipinski definition) is 4. The summed E-state index contributed by atoms with van der Waals surface area (Å²) < 4.78 is 5.17. The van der Waals surface area contributed by atoms with Gasteiger partial charge in [-0.3, -0.25) is 0 Å². The van der Waals surface area contributed by atoms with Crippen molar-refractivity contribution in [2.75, 3.05) is 18.6 Å². The van der Waals surface area contributed by atoms with E-state index in [1.165, 1.54) is 25.7 Å². The second-order valence-electron chi connectivity index (χ2n) is 5.36. The third-order valence-electron chi connectivity index (χ3n) is 3.54. The molecular weight excluding hydrogens is 226 g/mol. The highest BCUT2D eigenvalue weighted by Gasteiger charge is 2.26. The monoisotopic (exact) mass is 249 g/mol. The molecule has 0 spiro atoms. The number of methoxy groups -OCH3 is 1. The first kappa shape index (κ1) is 13.1. The van der Waals surface area contributed by atoms with Crippen LogP contribution in [0.4, 0.5) is 5.95 Å². The highest BCUT2D eigenvalue weighted by molar-refractivity contribution is 5.35. The molecule has 1 aliphatic rings. The molecule has 0 amide bonds. The molecule has 1 aromatic rings. The Morgan fingerprint density at radius 3 is 3.06 bits per heavy atom. The van der Waals surface area contributed by atoms with Gasteiger partial charge in [0, 0.05) is 24.8 Å². The number of anilines is 1. The molecule has 2 rings (SSSR count). The van der Waals surface area contributed by atoms with Crippen LogP contribution >= 0.6 is 0 Å². The minimum atomic E-state index is 0.597. The van der Waals surface area contributed by atoms with Gasteiger partial charge in [-0.15, -0.1) is 0 Å². The Bertz CT molecular complexity index is 381. The summed E-state index contributed by atoms with van der Waals surface area (Å²) in [5.41, 5.74) is 0. The number of aromatic nitrogens is 2. The molecule has 0 saturated carbocycles. The third kappa shape index (κ3) is 3.12. The van der Waals surface area contributed by atoms with Gasteiger partial charge >= 0.3 is 0 Å². The predicted molar refractivity (Wildman–Crippen MR) is 73.0 cm³/mol. The van der Waals surface area contributed by atoms with E-state index < -0.39 is 0 Å². The van der Waals surface area contributed by atoms with Gasteiger partial charge in [0.15, 0.2) is 0 Å². The first-order chi connectivity index (χ1) is 8.70. The molecule has 0 radical (unpaired) electrons. The van der Waals surface area contributed by atoms with E-state index in [0.29, 0.717) is 11.9 Å². The lowest BCUT2D eigenvalue weighted by molar-refractivity contribution is 0.396. The van der Waals surface area contributed by atoms with Crippen molar-refractivity contribution in [3.63, 3.8) is 0 Å². The van der Waals surface area contributed by atoms with Crippen LogP contribution in [0.25, 0.3) is 0 Å². The molecule has 1 aromatic heterocycles. The fraction of sp³-hybridized carbons (Fsp3) is 0.714. The molecule has 1 atom stereocenters. The van der Waals surface area contributed by atoms with Crippen LogP contribution in [0.3, 0.4) is 0 Å². The summed E-state index contributed by atoms with van der Waals surface area (Å²) in [7, 11) is 1.65. The van der Waals surface area contributed by atoms with Gasteiger partial charge in [-0.25, -0.2) is 4.98 Å². The molecule has 1 fully saturated rings. The minimum Gasteiger partial charge on any atom is -0.481 e. The van der Waals surface area contributed by atoms with Crippen LogP contribution in [0.5, 0.6) is 5.88 Å². The Morgan fingerprint density at radius 1 is 1.50 bits per heavy atom. The molecule has 0 aliphatic carbocycles. The van der Waals surface area contributed by atoms with Crippen LogP contribution in [0, 0.1) is 5.92 Å². The second kappa shape index (κ2) is 6.03. The molecule has 1 unspecified atom stereocenters. The van der Waals surface area contributed by atoms with Gasteiger partial charge in [0.05, 0.1) is 7.11 Å². The molecule has 1 saturated heterocycles. The van der Waals surface area contributed by atoms with Crippen molar-refractivity contribution >= 4 is 5.95 Å². The van der Waals surface area contributed by atoms with Crippen molar-refractivity contribution in [3.05, 3.63) is 12.3 Å². The standard InChI is InChI=1S/C14H23N3O/c1-11(2)6-7-12-5-4-10-17(12)14-15-9-8-13(16-14)18-3/h8-9,11-12H,4-7,10H2,1-3H3. The third-order valence-corrected chi connectivity index (χ3v) is 3.54. The van der Waals surface area contributed by atoms with Crippen molar-refractivity contribution in [1.82, 2.24) is 9.97 Å². The van der Waals surface area contributed by atoms with E-state index in [0.717, 1.165) is 18.4 Å².